The summed E-state index contributed by atoms with van der Waals surface area (Å²) in [5.41, 5.74) is 0.664. The average Bonchev–Trinajstić information content (AvgIpc) is 2.37. The van der Waals surface area contributed by atoms with Crippen molar-refractivity contribution in [2.45, 2.75) is 20.0 Å². The summed E-state index contributed by atoms with van der Waals surface area (Å²) >= 11 is 0. The normalized spacial score (nSPS) is 11.5. The summed E-state index contributed by atoms with van der Waals surface area (Å²) in [5, 5.41) is 13.8. The summed E-state index contributed by atoms with van der Waals surface area (Å²) < 4.78 is 5.43. The first-order valence-electron chi connectivity index (χ1n) is 5.96. The van der Waals surface area contributed by atoms with Gasteiger partial charge < -0.3 is 20.5 Å². The Morgan fingerprint density at radius 2 is 1.95 bits per heavy atom. The summed E-state index contributed by atoms with van der Waals surface area (Å²) in [5.74, 6) is 0.0890. The van der Waals surface area contributed by atoms with Crippen molar-refractivity contribution in [3.05, 3.63) is 24.3 Å². The molecule has 0 saturated heterocycles. The van der Waals surface area contributed by atoms with Crippen LogP contribution in [0.15, 0.2) is 24.3 Å². The molecule has 1 atom stereocenters. The van der Waals surface area contributed by atoms with Gasteiger partial charge in [0.25, 0.3) is 5.91 Å². The van der Waals surface area contributed by atoms with E-state index in [1.165, 1.54) is 6.92 Å². The second kappa shape index (κ2) is 7.38. The molecule has 0 aliphatic rings. The molecule has 6 heteroatoms. The SMILES string of the molecule is CC(=O)Nc1ccc(OC(C)C(=O)NCCO)cc1. The fraction of sp³-hybridized carbons (Fsp3) is 0.385. The maximum Gasteiger partial charge on any atom is 0.260 e. The summed E-state index contributed by atoms with van der Waals surface area (Å²) in [6.07, 6.45) is -0.654. The maximum absolute atomic E-state index is 11.5. The van der Waals surface area contributed by atoms with Gasteiger partial charge in [-0.1, -0.05) is 0 Å². The first-order valence-corrected chi connectivity index (χ1v) is 5.96. The van der Waals surface area contributed by atoms with Crippen molar-refractivity contribution in [1.82, 2.24) is 5.32 Å². The number of amides is 2. The summed E-state index contributed by atoms with van der Waals surface area (Å²) in [6.45, 7) is 3.14. The number of hydrogen-bond acceptors (Lipinski definition) is 4. The number of anilines is 1. The largest absolute Gasteiger partial charge is 0.481 e. The Morgan fingerprint density at radius 3 is 2.47 bits per heavy atom. The Hall–Kier alpha value is -2.08. The molecular formula is C13H18N2O4. The summed E-state index contributed by atoms with van der Waals surface area (Å²) in [4.78, 5) is 22.4. The highest BCUT2D eigenvalue weighted by Crippen LogP contribution is 2.16. The Bertz CT molecular complexity index is 431. The van der Waals surface area contributed by atoms with Crippen LogP contribution in [0.3, 0.4) is 0 Å². The number of ether oxygens (including phenoxy) is 1. The first-order chi connectivity index (χ1) is 9.02. The van der Waals surface area contributed by atoms with E-state index >= 15 is 0 Å². The van der Waals surface area contributed by atoms with Crippen LogP contribution in [0.4, 0.5) is 5.69 Å². The second-order valence-corrected chi connectivity index (χ2v) is 3.98. The molecule has 0 fully saturated rings. The topological polar surface area (TPSA) is 87.7 Å². The standard InChI is InChI=1S/C13H18N2O4/c1-9(13(18)14-7-8-16)19-12-5-3-11(4-6-12)15-10(2)17/h3-6,9,16H,7-8H2,1-2H3,(H,14,18)(H,15,17). The number of carbonyl (C=O) groups excluding carboxylic acids is 2. The van der Waals surface area contributed by atoms with E-state index in [9.17, 15) is 9.59 Å². The second-order valence-electron chi connectivity index (χ2n) is 3.98. The van der Waals surface area contributed by atoms with Gasteiger partial charge >= 0.3 is 0 Å². The van der Waals surface area contributed by atoms with Gasteiger partial charge in [0.15, 0.2) is 6.10 Å². The highest BCUT2D eigenvalue weighted by atomic mass is 16.5. The molecule has 0 spiro atoms. The lowest BCUT2D eigenvalue weighted by Crippen LogP contribution is -2.37. The fourth-order valence-corrected chi connectivity index (χ4v) is 1.40. The predicted molar refractivity (Wildman–Crippen MR) is 70.9 cm³/mol. The molecule has 0 aliphatic heterocycles. The predicted octanol–water partition coefficient (Wildman–Crippen LogP) is 0.521. The Labute approximate surface area is 111 Å². The van der Waals surface area contributed by atoms with Crippen LogP contribution in [0.25, 0.3) is 0 Å². The van der Waals surface area contributed by atoms with Crippen LogP contribution in [0.2, 0.25) is 0 Å². The number of hydrogen-bond donors (Lipinski definition) is 3. The molecule has 0 bridgehead atoms. The van der Waals surface area contributed by atoms with E-state index in [2.05, 4.69) is 10.6 Å². The van der Waals surface area contributed by atoms with Gasteiger partial charge in [0.05, 0.1) is 6.61 Å². The van der Waals surface area contributed by atoms with E-state index in [-0.39, 0.29) is 25.0 Å². The van der Waals surface area contributed by atoms with Crippen molar-refractivity contribution in [2.75, 3.05) is 18.5 Å². The van der Waals surface area contributed by atoms with Crippen molar-refractivity contribution >= 4 is 17.5 Å². The molecule has 104 valence electrons. The number of benzene rings is 1. The van der Waals surface area contributed by atoms with Crippen LogP contribution >= 0.6 is 0 Å². The lowest BCUT2D eigenvalue weighted by atomic mass is 10.3. The van der Waals surface area contributed by atoms with Gasteiger partial charge in [-0.25, -0.2) is 0 Å². The van der Waals surface area contributed by atoms with Crippen molar-refractivity contribution < 1.29 is 19.4 Å². The molecule has 1 aromatic carbocycles. The third kappa shape index (κ3) is 5.39. The number of nitrogens with one attached hydrogen (secondary N) is 2. The average molecular weight is 266 g/mol. The van der Waals surface area contributed by atoms with Crippen LogP contribution in [0.5, 0.6) is 5.75 Å². The van der Waals surface area contributed by atoms with E-state index < -0.39 is 6.10 Å². The lowest BCUT2D eigenvalue weighted by Gasteiger charge is -2.14. The van der Waals surface area contributed by atoms with Gasteiger partial charge in [-0.15, -0.1) is 0 Å². The van der Waals surface area contributed by atoms with E-state index in [0.717, 1.165) is 0 Å². The number of aliphatic hydroxyl groups is 1. The fourth-order valence-electron chi connectivity index (χ4n) is 1.40. The smallest absolute Gasteiger partial charge is 0.260 e. The minimum Gasteiger partial charge on any atom is -0.481 e. The molecule has 1 rings (SSSR count). The minimum atomic E-state index is -0.654. The Morgan fingerprint density at radius 1 is 1.32 bits per heavy atom. The molecule has 2 amide bonds. The molecule has 19 heavy (non-hydrogen) atoms. The van der Waals surface area contributed by atoms with E-state index in [1.54, 1.807) is 31.2 Å². The van der Waals surface area contributed by atoms with E-state index in [0.29, 0.717) is 11.4 Å². The zero-order valence-electron chi connectivity index (χ0n) is 11.0. The molecule has 0 aromatic heterocycles. The maximum atomic E-state index is 11.5. The molecule has 1 aromatic rings. The third-order valence-electron chi connectivity index (χ3n) is 2.27. The van der Waals surface area contributed by atoms with Crippen LogP contribution in [-0.4, -0.2) is 36.2 Å². The summed E-state index contributed by atoms with van der Waals surface area (Å²) in [6, 6.07) is 6.71. The van der Waals surface area contributed by atoms with E-state index in [4.69, 9.17) is 9.84 Å². The molecular weight excluding hydrogens is 248 g/mol. The Balaban J connectivity index is 2.52. The molecule has 3 N–H and O–H groups in total. The lowest BCUT2D eigenvalue weighted by molar-refractivity contribution is -0.127. The number of aliphatic hydroxyl groups excluding tert-OH is 1. The van der Waals surface area contributed by atoms with Crippen LogP contribution in [-0.2, 0) is 9.59 Å². The first kappa shape index (κ1) is 15.0. The molecule has 1 unspecified atom stereocenters. The highest BCUT2D eigenvalue weighted by molar-refractivity contribution is 5.88. The molecule has 0 radical (unpaired) electrons. The molecule has 0 aliphatic carbocycles. The van der Waals surface area contributed by atoms with Crippen LogP contribution in [0.1, 0.15) is 13.8 Å². The quantitative estimate of drug-likeness (QED) is 0.700. The molecule has 0 heterocycles. The van der Waals surface area contributed by atoms with Gasteiger partial charge in [0.1, 0.15) is 5.75 Å². The van der Waals surface area contributed by atoms with Gasteiger partial charge in [-0.2, -0.15) is 0 Å². The Kier molecular flexibility index (Phi) is 5.81. The van der Waals surface area contributed by atoms with E-state index in [1.807, 2.05) is 0 Å². The molecule has 6 nitrogen and oxygen atoms in total. The highest BCUT2D eigenvalue weighted by Gasteiger charge is 2.13. The minimum absolute atomic E-state index is 0.107. The van der Waals surface area contributed by atoms with Crippen LogP contribution < -0.4 is 15.4 Å². The monoisotopic (exact) mass is 266 g/mol. The third-order valence-corrected chi connectivity index (χ3v) is 2.27. The number of carbonyl (C=O) groups is 2. The zero-order valence-corrected chi connectivity index (χ0v) is 11.0. The van der Waals surface area contributed by atoms with Gasteiger partial charge in [-0.3, -0.25) is 9.59 Å². The van der Waals surface area contributed by atoms with Crippen molar-refractivity contribution in [2.24, 2.45) is 0 Å². The van der Waals surface area contributed by atoms with Crippen LogP contribution in [0, 0.1) is 0 Å². The van der Waals surface area contributed by atoms with Gasteiger partial charge in [-0.05, 0) is 31.2 Å². The van der Waals surface area contributed by atoms with Gasteiger partial charge in [0.2, 0.25) is 5.91 Å². The van der Waals surface area contributed by atoms with Crippen molar-refractivity contribution in [3.8, 4) is 5.75 Å². The van der Waals surface area contributed by atoms with Gasteiger partial charge in [0, 0.05) is 19.2 Å². The van der Waals surface area contributed by atoms with Crippen molar-refractivity contribution in [1.29, 1.82) is 0 Å². The molecule has 0 saturated carbocycles. The van der Waals surface area contributed by atoms with Crippen molar-refractivity contribution in [3.63, 3.8) is 0 Å². The zero-order chi connectivity index (χ0) is 14.3. The summed E-state index contributed by atoms with van der Waals surface area (Å²) in [7, 11) is 0. The number of rotatable bonds is 6.